The molecule has 0 nitrogen and oxygen atoms in total. The van der Waals surface area contributed by atoms with Gasteiger partial charge in [-0.3, -0.25) is 0 Å². The Labute approximate surface area is 79.1 Å². The molecule has 12 heavy (non-hydrogen) atoms. The summed E-state index contributed by atoms with van der Waals surface area (Å²) in [6.07, 6.45) is 10.8. The van der Waals surface area contributed by atoms with E-state index in [-0.39, 0.29) is 0 Å². The van der Waals surface area contributed by atoms with Crippen LogP contribution in [0.1, 0.15) is 40.5 Å². The van der Waals surface area contributed by atoms with Crippen LogP contribution in [0.15, 0.2) is 13.2 Å². The van der Waals surface area contributed by atoms with Crippen molar-refractivity contribution in [2.24, 2.45) is 11.8 Å². The molecule has 0 N–H and O–H groups in total. The standard InChI is InChI=1S/C8H18.C2H4.C2H2/c1-7(2)5-6-8(3)4;2*1-2/h7-8H,5-6H2,1-4H3;1-2H2;1-2H. The van der Waals surface area contributed by atoms with Gasteiger partial charge < -0.3 is 0 Å². The minimum atomic E-state index is 0.886. The Hall–Kier alpha value is -0.700. The molecule has 72 valence electrons. The summed E-state index contributed by atoms with van der Waals surface area (Å²) in [5, 5.41) is 0. The van der Waals surface area contributed by atoms with Gasteiger partial charge in [-0.05, 0) is 11.8 Å². The van der Waals surface area contributed by atoms with Crippen LogP contribution in [0.2, 0.25) is 0 Å². The molecule has 0 unspecified atom stereocenters. The van der Waals surface area contributed by atoms with Crippen LogP contribution in [0, 0.1) is 24.7 Å². The van der Waals surface area contributed by atoms with E-state index >= 15 is 0 Å². The highest BCUT2D eigenvalue weighted by Crippen LogP contribution is 2.09. The van der Waals surface area contributed by atoms with Crippen LogP contribution in [-0.2, 0) is 0 Å². The van der Waals surface area contributed by atoms with Crippen LogP contribution in [0.5, 0.6) is 0 Å². The largest absolute Gasteiger partial charge is 0.124 e. The van der Waals surface area contributed by atoms with Crippen molar-refractivity contribution in [3.8, 4) is 12.8 Å². The van der Waals surface area contributed by atoms with E-state index in [4.69, 9.17) is 0 Å². The van der Waals surface area contributed by atoms with Crippen molar-refractivity contribution in [2.75, 3.05) is 0 Å². The second kappa shape index (κ2) is 16.7. The molecule has 0 heterocycles. The fourth-order valence-corrected chi connectivity index (χ4v) is 0.667. The van der Waals surface area contributed by atoms with Crippen LogP contribution >= 0.6 is 0 Å². The molecule has 0 aromatic rings. The first kappa shape index (κ1) is 17.4. The molecular formula is C12H24. The zero-order valence-electron chi connectivity index (χ0n) is 9.14. The normalized spacial score (nSPS) is 8.00. The molecule has 0 amide bonds. The van der Waals surface area contributed by atoms with Gasteiger partial charge in [0.1, 0.15) is 0 Å². The smallest absolute Gasteiger partial charge is 0.0471 e. The van der Waals surface area contributed by atoms with E-state index in [1.54, 1.807) is 0 Å². The van der Waals surface area contributed by atoms with E-state index in [0.29, 0.717) is 0 Å². The maximum atomic E-state index is 4.00. The Morgan fingerprint density at radius 1 is 0.833 bits per heavy atom. The third-order valence-corrected chi connectivity index (χ3v) is 1.32. The Balaban J connectivity index is -0.000000175. The van der Waals surface area contributed by atoms with E-state index in [0.717, 1.165) is 11.8 Å². The Bertz CT molecular complexity index is 69.3. The maximum Gasteiger partial charge on any atom is -0.0471 e. The quantitative estimate of drug-likeness (QED) is 0.439. The molecule has 0 fully saturated rings. The molecule has 0 saturated carbocycles. The van der Waals surface area contributed by atoms with Gasteiger partial charge in [0.25, 0.3) is 0 Å². The predicted molar refractivity (Wildman–Crippen MR) is 60.1 cm³/mol. The third kappa shape index (κ3) is 34.6. The number of rotatable bonds is 3. The second-order valence-electron chi connectivity index (χ2n) is 3.37. The van der Waals surface area contributed by atoms with Crippen LogP contribution < -0.4 is 0 Å². The minimum absolute atomic E-state index is 0.886. The van der Waals surface area contributed by atoms with Gasteiger partial charge in [0.05, 0.1) is 0 Å². The molecule has 0 aromatic heterocycles. The molecule has 0 spiro atoms. The van der Waals surface area contributed by atoms with Crippen molar-refractivity contribution >= 4 is 0 Å². The minimum Gasteiger partial charge on any atom is -0.124 e. The Morgan fingerprint density at radius 3 is 1.08 bits per heavy atom. The molecule has 0 aliphatic heterocycles. The van der Waals surface area contributed by atoms with Crippen molar-refractivity contribution < 1.29 is 0 Å². The highest BCUT2D eigenvalue weighted by Gasteiger charge is 1.95. The zero-order valence-corrected chi connectivity index (χ0v) is 9.14. The summed E-state index contributed by atoms with van der Waals surface area (Å²) in [6.45, 7) is 15.1. The second-order valence-corrected chi connectivity index (χ2v) is 3.37. The predicted octanol–water partition coefficient (Wildman–Crippen LogP) is 4.13. The summed E-state index contributed by atoms with van der Waals surface area (Å²) >= 11 is 0. The molecule has 0 atom stereocenters. The number of hydrogen-bond acceptors (Lipinski definition) is 0. The fraction of sp³-hybridized carbons (Fsp3) is 0.667. The van der Waals surface area contributed by atoms with E-state index in [1.807, 2.05) is 0 Å². The summed E-state index contributed by atoms with van der Waals surface area (Å²) in [6, 6.07) is 0. The Morgan fingerprint density at radius 2 is 1.00 bits per heavy atom. The van der Waals surface area contributed by atoms with Gasteiger partial charge in [-0.2, -0.15) is 0 Å². The van der Waals surface area contributed by atoms with Crippen LogP contribution in [0.4, 0.5) is 0 Å². The molecule has 0 saturated heterocycles. The number of hydrogen-bond donors (Lipinski definition) is 0. The molecule has 0 aromatic carbocycles. The van der Waals surface area contributed by atoms with E-state index in [1.165, 1.54) is 12.8 Å². The lowest BCUT2D eigenvalue weighted by molar-refractivity contribution is 0.476. The lowest BCUT2D eigenvalue weighted by atomic mass is 10.0. The van der Waals surface area contributed by atoms with Gasteiger partial charge in [-0.25, -0.2) is 0 Å². The fourth-order valence-electron chi connectivity index (χ4n) is 0.667. The van der Waals surface area contributed by atoms with Crippen molar-refractivity contribution in [1.82, 2.24) is 0 Å². The summed E-state index contributed by atoms with van der Waals surface area (Å²) in [4.78, 5) is 0. The maximum absolute atomic E-state index is 4.00. The monoisotopic (exact) mass is 168 g/mol. The first-order valence-electron chi connectivity index (χ1n) is 4.46. The summed E-state index contributed by atoms with van der Waals surface area (Å²) < 4.78 is 0. The van der Waals surface area contributed by atoms with Gasteiger partial charge in [-0.1, -0.05) is 40.5 Å². The average Bonchev–Trinajstić information content (AvgIpc) is 2.08. The van der Waals surface area contributed by atoms with Gasteiger partial charge in [0.15, 0.2) is 0 Å². The lowest BCUT2D eigenvalue weighted by Crippen LogP contribution is -1.91. The van der Waals surface area contributed by atoms with E-state index in [9.17, 15) is 0 Å². The van der Waals surface area contributed by atoms with Crippen molar-refractivity contribution in [1.29, 1.82) is 0 Å². The summed E-state index contributed by atoms with van der Waals surface area (Å²) in [5.74, 6) is 1.77. The molecule has 0 rings (SSSR count). The van der Waals surface area contributed by atoms with Crippen molar-refractivity contribution in [3.63, 3.8) is 0 Å². The molecule has 0 heteroatoms. The Kier molecular flexibility index (Phi) is 24.2. The first-order chi connectivity index (χ1) is 5.63. The highest BCUT2D eigenvalue weighted by molar-refractivity contribution is 4.48. The summed E-state index contributed by atoms with van der Waals surface area (Å²) in [7, 11) is 0. The SMILES string of the molecule is C#C.C=C.CC(C)CCC(C)C. The third-order valence-electron chi connectivity index (χ3n) is 1.32. The molecular weight excluding hydrogens is 144 g/mol. The van der Waals surface area contributed by atoms with Crippen LogP contribution in [0.25, 0.3) is 0 Å². The van der Waals surface area contributed by atoms with Crippen molar-refractivity contribution in [2.45, 2.75) is 40.5 Å². The van der Waals surface area contributed by atoms with Gasteiger partial charge in [0, 0.05) is 0 Å². The average molecular weight is 168 g/mol. The zero-order chi connectivity index (χ0) is 10.6. The van der Waals surface area contributed by atoms with Gasteiger partial charge in [0.2, 0.25) is 0 Å². The lowest BCUT2D eigenvalue weighted by Gasteiger charge is -2.05. The highest BCUT2D eigenvalue weighted by atomic mass is 14.0. The molecule has 0 aliphatic rings. The van der Waals surface area contributed by atoms with Gasteiger partial charge >= 0.3 is 0 Å². The topological polar surface area (TPSA) is 0 Å². The van der Waals surface area contributed by atoms with Crippen LogP contribution in [0.3, 0.4) is 0 Å². The molecule has 0 aliphatic carbocycles. The van der Waals surface area contributed by atoms with Gasteiger partial charge in [-0.15, -0.1) is 26.0 Å². The summed E-state index contributed by atoms with van der Waals surface area (Å²) in [5.41, 5.74) is 0. The number of terminal acetylenes is 1. The molecule has 0 bridgehead atoms. The molecule has 0 radical (unpaired) electrons. The van der Waals surface area contributed by atoms with E-state index < -0.39 is 0 Å². The van der Waals surface area contributed by atoms with Crippen LogP contribution in [-0.4, -0.2) is 0 Å². The van der Waals surface area contributed by atoms with E-state index in [2.05, 4.69) is 53.7 Å². The van der Waals surface area contributed by atoms with Crippen molar-refractivity contribution in [3.05, 3.63) is 13.2 Å². The first-order valence-corrected chi connectivity index (χ1v) is 4.46.